The van der Waals surface area contributed by atoms with E-state index < -0.39 is 5.97 Å². The molecule has 0 bridgehead atoms. The first-order valence-corrected chi connectivity index (χ1v) is 8.37. The molecular formula is C15H17N5O3S. The Morgan fingerprint density at radius 3 is 3.00 bits per heavy atom. The largest absolute Gasteiger partial charge is 0.464 e. The highest BCUT2D eigenvalue weighted by Crippen LogP contribution is 2.24. The third kappa shape index (κ3) is 3.40. The average molecular weight is 347 g/mol. The summed E-state index contributed by atoms with van der Waals surface area (Å²) in [6.07, 6.45) is 0.222. The SMILES string of the molecule is COC(=O)C1=NO[C@H](CSc2nnnn2-c2ccc(C)c(C)c2)C1. The normalized spacial score (nSPS) is 16.6. The molecule has 0 N–H and O–H groups in total. The number of benzene rings is 1. The molecule has 0 fully saturated rings. The Hall–Kier alpha value is -2.42. The van der Waals surface area contributed by atoms with Crippen molar-refractivity contribution in [3.63, 3.8) is 0 Å². The maximum absolute atomic E-state index is 11.4. The number of aryl methyl sites for hydroxylation is 2. The van der Waals surface area contributed by atoms with E-state index in [9.17, 15) is 4.79 Å². The summed E-state index contributed by atoms with van der Waals surface area (Å²) in [6, 6.07) is 6.06. The fourth-order valence-electron chi connectivity index (χ4n) is 2.21. The molecule has 0 radical (unpaired) electrons. The van der Waals surface area contributed by atoms with Crippen molar-refractivity contribution in [1.82, 2.24) is 20.2 Å². The van der Waals surface area contributed by atoms with Crippen LogP contribution in [0.2, 0.25) is 0 Å². The zero-order valence-electron chi connectivity index (χ0n) is 13.6. The van der Waals surface area contributed by atoms with Crippen molar-refractivity contribution >= 4 is 23.4 Å². The Morgan fingerprint density at radius 2 is 2.25 bits per heavy atom. The lowest BCUT2D eigenvalue weighted by Crippen LogP contribution is -2.18. The molecule has 1 aromatic heterocycles. The maximum Gasteiger partial charge on any atom is 0.355 e. The molecule has 0 amide bonds. The summed E-state index contributed by atoms with van der Waals surface area (Å²) in [5.74, 6) is 0.123. The van der Waals surface area contributed by atoms with Crippen molar-refractivity contribution in [2.24, 2.45) is 5.16 Å². The summed E-state index contributed by atoms with van der Waals surface area (Å²) in [7, 11) is 1.32. The number of hydrogen-bond acceptors (Lipinski definition) is 8. The number of hydrogen-bond donors (Lipinski definition) is 0. The smallest absolute Gasteiger partial charge is 0.355 e. The van der Waals surface area contributed by atoms with E-state index in [0.717, 1.165) is 5.69 Å². The second-order valence-electron chi connectivity index (χ2n) is 5.41. The number of ether oxygens (including phenoxy) is 1. The van der Waals surface area contributed by atoms with E-state index >= 15 is 0 Å². The van der Waals surface area contributed by atoms with Crippen LogP contribution >= 0.6 is 11.8 Å². The lowest BCUT2D eigenvalue weighted by molar-refractivity contribution is -0.132. The molecule has 2 aromatic rings. The predicted molar refractivity (Wildman–Crippen MR) is 88.3 cm³/mol. The fourth-order valence-corrected chi connectivity index (χ4v) is 3.08. The number of oxime groups is 1. The number of thioether (sulfide) groups is 1. The summed E-state index contributed by atoms with van der Waals surface area (Å²) in [6.45, 7) is 4.11. The van der Waals surface area contributed by atoms with Crippen molar-refractivity contribution in [1.29, 1.82) is 0 Å². The highest BCUT2D eigenvalue weighted by atomic mass is 32.2. The van der Waals surface area contributed by atoms with Gasteiger partial charge in [0.05, 0.1) is 12.8 Å². The first-order chi connectivity index (χ1) is 11.6. The zero-order valence-corrected chi connectivity index (χ0v) is 14.4. The lowest BCUT2D eigenvalue weighted by atomic mass is 10.1. The number of carbonyl (C=O) groups excluding carboxylic acids is 1. The molecule has 0 unspecified atom stereocenters. The quantitative estimate of drug-likeness (QED) is 0.600. The van der Waals surface area contributed by atoms with Gasteiger partial charge in [0.25, 0.3) is 0 Å². The molecule has 8 nitrogen and oxygen atoms in total. The molecule has 2 heterocycles. The summed E-state index contributed by atoms with van der Waals surface area (Å²) in [4.78, 5) is 16.7. The van der Waals surface area contributed by atoms with Gasteiger partial charge in [-0.3, -0.25) is 0 Å². The Labute approximate surface area is 143 Å². The summed E-state index contributed by atoms with van der Waals surface area (Å²) < 4.78 is 6.33. The molecule has 1 aliphatic rings. The number of aromatic nitrogens is 4. The van der Waals surface area contributed by atoms with Crippen LogP contribution in [0, 0.1) is 13.8 Å². The van der Waals surface area contributed by atoms with Crippen LogP contribution in [0.3, 0.4) is 0 Å². The van der Waals surface area contributed by atoms with Crippen LogP contribution in [0.5, 0.6) is 0 Å². The summed E-state index contributed by atoms with van der Waals surface area (Å²) >= 11 is 1.45. The van der Waals surface area contributed by atoms with Crippen LogP contribution in [0.25, 0.3) is 5.69 Å². The third-order valence-electron chi connectivity index (χ3n) is 3.73. The van der Waals surface area contributed by atoms with E-state index in [1.165, 1.54) is 30.0 Å². The minimum Gasteiger partial charge on any atom is -0.464 e. The zero-order chi connectivity index (χ0) is 17.1. The van der Waals surface area contributed by atoms with Gasteiger partial charge in [-0.15, -0.1) is 5.10 Å². The monoisotopic (exact) mass is 347 g/mol. The highest BCUT2D eigenvalue weighted by molar-refractivity contribution is 7.99. The van der Waals surface area contributed by atoms with Crippen LogP contribution < -0.4 is 0 Å². The van der Waals surface area contributed by atoms with Crippen LogP contribution in [0.1, 0.15) is 17.5 Å². The van der Waals surface area contributed by atoms with Gasteiger partial charge in [-0.25, -0.2) is 4.79 Å². The van der Waals surface area contributed by atoms with E-state index in [0.29, 0.717) is 23.0 Å². The summed E-state index contributed by atoms with van der Waals surface area (Å²) in [5, 5.41) is 16.3. The van der Waals surface area contributed by atoms with Gasteiger partial charge in [-0.1, -0.05) is 23.0 Å². The maximum atomic E-state index is 11.4. The first kappa shape index (κ1) is 16.4. The number of methoxy groups -OCH3 is 1. The van der Waals surface area contributed by atoms with Crippen LogP contribution in [-0.2, 0) is 14.4 Å². The van der Waals surface area contributed by atoms with Gasteiger partial charge < -0.3 is 9.57 Å². The van der Waals surface area contributed by atoms with Crippen LogP contribution in [-0.4, -0.2) is 50.9 Å². The molecule has 0 saturated heterocycles. The second-order valence-corrected chi connectivity index (χ2v) is 6.40. The molecule has 1 atom stereocenters. The lowest BCUT2D eigenvalue weighted by Gasteiger charge is -2.09. The van der Waals surface area contributed by atoms with Crippen LogP contribution in [0.15, 0.2) is 28.5 Å². The third-order valence-corrected chi connectivity index (χ3v) is 4.78. The molecule has 9 heteroatoms. The van der Waals surface area contributed by atoms with Gasteiger partial charge in [0.2, 0.25) is 5.16 Å². The minimum absolute atomic E-state index is 0.200. The molecular weight excluding hydrogens is 330 g/mol. The van der Waals surface area contributed by atoms with E-state index in [4.69, 9.17) is 4.84 Å². The van der Waals surface area contributed by atoms with Gasteiger partial charge in [0.1, 0.15) is 6.10 Å². The number of esters is 1. The van der Waals surface area contributed by atoms with Gasteiger partial charge in [0, 0.05) is 12.2 Å². The predicted octanol–water partition coefficient (Wildman–Crippen LogP) is 1.69. The van der Waals surface area contributed by atoms with E-state index in [1.807, 2.05) is 25.1 Å². The minimum atomic E-state index is -0.456. The molecule has 1 aromatic carbocycles. The number of rotatable bonds is 5. The van der Waals surface area contributed by atoms with Crippen molar-refractivity contribution in [2.75, 3.05) is 12.9 Å². The van der Waals surface area contributed by atoms with Gasteiger partial charge in [-0.05, 0) is 47.5 Å². The fraction of sp³-hybridized carbons (Fsp3) is 0.400. The molecule has 1 aliphatic heterocycles. The molecule has 0 aliphatic carbocycles. The van der Waals surface area contributed by atoms with Crippen molar-refractivity contribution in [3.05, 3.63) is 29.3 Å². The van der Waals surface area contributed by atoms with Crippen molar-refractivity contribution in [3.8, 4) is 5.69 Å². The van der Waals surface area contributed by atoms with E-state index in [2.05, 4.69) is 32.3 Å². The molecule has 126 valence electrons. The highest BCUT2D eigenvalue weighted by Gasteiger charge is 2.27. The Balaban J connectivity index is 1.65. The Morgan fingerprint density at radius 1 is 1.42 bits per heavy atom. The Bertz CT molecular complexity index is 789. The van der Waals surface area contributed by atoms with Crippen LogP contribution in [0.4, 0.5) is 0 Å². The van der Waals surface area contributed by atoms with Gasteiger partial charge >= 0.3 is 5.97 Å². The van der Waals surface area contributed by atoms with E-state index in [-0.39, 0.29) is 6.10 Å². The molecule has 0 spiro atoms. The molecule has 3 rings (SSSR count). The number of tetrazole rings is 1. The van der Waals surface area contributed by atoms with Crippen molar-refractivity contribution < 1.29 is 14.4 Å². The molecule has 24 heavy (non-hydrogen) atoms. The van der Waals surface area contributed by atoms with Gasteiger partial charge in [0.15, 0.2) is 5.71 Å². The first-order valence-electron chi connectivity index (χ1n) is 7.38. The number of carbonyl (C=O) groups is 1. The second kappa shape index (κ2) is 7.00. The summed E-state index contributed by atoms with van der Waals surface area (Å²) in [5.41, 5.74) is 3.60. The molecule has 0 saturated carbocycles. The number of nitrogens with zero attached hydrogens (tertiary/aromatic N) is 5. The van der Waals surface area contributed by atoms with E-state index in [1.54, 1.807) is 4.68 Å². The van der Waals surface area contributed by atoms with Gasteiger partial charge in [-0.2, -0.15) is 4.68 Å². The average Bonchev–Trinajstić information content (AvgIpc) is 3.23. The Kier molecular flexibility index (Phi) is 4.79. The topological polar surface area (TPSA) is 91.5 Å². The van der Waals surface area contributed by atoms with Crippen molar-refractivity contribution in [2.45, 2.75) is 31.5 Å². The standard InChI is InChI=1S/C15H17N5O3S/c1-9-4-5-11(6-10(9)2)20-15(16-18-19-20)24-8-12-7-13(17-23-12)14(21)22-3/h4-6,12H,7-8H2,1-3H3/t12-/m0/s1.